The van der Waals surface area contributed by atoms with Crippen molar-refractivity contribution < 1.29 is 5.11 Å². The van der Waals surface area contributed by atoms with E-state index in [-0.39, 0.29) is 6.61 Å². The molecule has 0 amide bonds. The van der Waals surface area contributed by atoms with E-state index in [4.69, 9.17) is 5.11 Å². The number of hydrogen-bond donors (Lipinski definition) is 2. The zero-order valence-corrected chi connectivity index (χ0v) is 6.21. The molecule has 0 saturated carbocycles. The van der Waals surface area contributed by atoms with Crippen LogP contribution in [0.15, 0.2) is 12.2 Å². The molecular weight excluding hydrogens is 126 g/mol. The van der Waals surface area contributed by atoms with Crippen LogP contribution in [-0.4, -0.2) is 24.3 Å². The van der Waals surface area contributed by atoms with Crippen molar-refractivity contribution >= 4 is 0 Å². The number of allylic oxidation sites excluding steroid dienone is 1. The Morgan fingerprint density at radius 1 is 1.60 bits per heavy atom. The van der Waals surface area contributed by atoms with Crippen molar-refractivity contribution in [2.24, 2.45) is 0 Å². The predicted molar refractivity (Wildman–Crippen MR) is 41.9 cm³/mol. The quantitative estimate of drug-likeness (QED) is 0.566. The summed E-state index contributed by atoms with van der Waals surface area (Å²) in [5, 5.41) is 11.7. The summed E-state index contributed by atoms with van der Waals surface area (Å²) in [6.45, 7) is 0.958. The Kier molecular flexibility index (Phi) is 3.47. The predicted octanol–water partition coefficient (Wildman–Crippen LogP) is 0.677. The van der Waals surface area contributed by atoms with Crippen molar-refractivity contribution in [3.8, 4) is 0 Å². The third-order valence-electron chi connectivity index (χ3n) is 1.77. The molecule has 0 heterocycles. The summed E-state index contributed by atoms with van der Waals surface area (Å²) in [4.78, 5) is 0. The summed E-state index contributed by atoms with van der Waals surface area (Å²) in [5.41, 5.74) is 0. The Hall–Kier alpha value is -0.340. The van der Waals surface area contributed by atoms with Gasteiger partial charge in [-0.2, -0.15) is 0 Å². The van der Waals surface area contributed by atoms with E-state index in [1.165, 1.54) is 19.3 Å². The maximum atomic E-state index is 8.51. The van der Waals surface area contributed by atoms with Crippen molar-refractivity contribution in [3.05, 3.63) is 12.2 Å². The van der Waals surface area contributed by atoms with Crippen molar-refractivity contribution in [2.75, 3.05) is 13.2 Å². The highest BCUT2D eigenvalue weighted by atomic mass is 16.3. The van der Waals surface area contributed by atoms with Crippen molar-refractivity contribution in [1.82, 2.24) is 5.32 Å². The summed E-state index contributed by atoms with van der Waals surface area (Å²) < 4.78 is 0. The Morgan fingerprint density at radius 3 is 3.10 bits per heavy atom. The van der Waals surface area contributed by atoms with E-state index in [2.05, 4.69) is 17.5 Å². The first-order chi connectivity index (χ1) is 4.93. The fourth-order valence-electron chi connectivity index (χ4n) is 1.23. The van der Waals surface area contributed by atoms with Gasteiger partial charge < -0.3 is 10.4 Å². The molecule has 0 aromatic heterocycles. The minimum Gasteiger partial charge on any atom is -0.395 e. The minimum atomic E-state index is 0.240. The van der Waals surface area contributed by atoms with Gasteiger partial charge in [0.25, 0.3) is 0 Å². The molecule has 1 unspecified atom stereocenters. The van der Waals surface area contributed by atoms with Crippen LogP contribution < -0.4 is 5.32 Å². The average Bonchev–Trinajstić information content (AvgIpc) is 2.03. The molecule has 2 N–H and O–H groups in total. The minimum absolute atomic E-state index is 0.240. The molecule has 0 aromatic carbocycles. The van der Waals surface area contributed by atoms with Gasteiger partial charge in [0.2, 0.25) is 0 Å². The van der Waals surface area contributed by atoms with Gasteiger partial charge in [0.1, 0.15) is 0 Å². The molecule has 0 bridgehead atoms. The maximum Gasteiger partial charge on any atom is 0.0556 e. The van der Waals surface area contributed by atoms with E-state index < -0.39 is 0 Å². The van der Waals surface area contributed by atoms with Crippen LogP contribution >= 0.6 is 0 Å². The molecule has 2 nitrogen and oxygen atoms in total. The van der Waals surface area contributed by atoms with Crippen LogP contribution in [-0.2, 0) is 0 Å². The van der Waals surface area contributed by atoms with Crippen molar-refractivity contribution in [1.29, 1.82) is 0 Å². The lowest BCUT2D eigenvalue weighted by Crippen LogP contribution is -2.30. The Bertz CT molecular complexity index is 112. The van der Waals surface area contributed by atoms with Gasteiger partial charge in [0.15, 0.2) is 0 Å². The summed E-state index contributed by atoms with van der Waals surface area (Å²) in [6, 6.07) is 0.515. The second-order valence-electron chi connectivity index (χ2n) is 2.64. The molecule has 1 aliphatic carbocycles. The van der Waals surface area contributed by atoms with Gasteiger partial charge in [-0.25, -0.2) is 0 Å². The fraction of sp³-hybridized carbons (Fsp3) is 0.750. The molecule has 0 radical (unpaired) electrons. The molecule has 10 heavy (non-hydrogen) atoms. The SMILES string of the molecule is OCCNC1C=CCCC1. The number of aliphatic hydroxyl groups excluding tert-OH is 1. The van der Waals surface area contributed by atoms with Crippen LogP contribution in [0.3, 0.4) is 0 Å². The fourth-order valence-corrected chi connectivity index (χ4v) is 1.23. The van der Waals surface area contributed by atoms with Gasteiger partial charge in [0.05, 0.1) is 6.61 Å². The van der Waals surface area contributed by atoms with Gasteiger partial charge in [-0.15, -0.1) is 0 Å². The van der Waals surface area contributed by atoms with E-state index >= 15 is 0 Å². The molecule has 0 aromatic rings. The molecule has 0 aliphatic heterocycles. The van der Waals surface area contributed by atoms with E-state index in [1.807, 2.05) is 0 Å². The molecule has 1 atom stereocenters. The smallest absolute Gasteiger partial charge is 0.0556 e. The van der Waals surface area contributed by atoms with Crippen LogP contribution in [0.2, 0.25) is 0 Å². The highest BCUT2D eigenvalue weighted by Gasteiger charge is 2.05. The van der Waals surface area contributed by atoms with Crippen molar-refractivity contribution in [3.63, 3.8) is 0 Å². The second-order valence-corrected chi connectivity index (χ2v) is 2.64. The highest BCUT2D eigenvalue weighted by molar-refractivity contribution is 4.97. The Morgan fingerprint density at radius 2 is 2.50 bits per heavy atom. The van der Waals surface area contributed by atoms with Gasteiger partial charge in [-0.1, -0.05) is 12.2 Å². The third-order valence-corrected chi connectivity index (χ3v) is 1.77. The van der Waals surface area contributed by atoms with E-state index in [1.54, 1.807) is 0 Å². The summed E-state index contributed by atoms with van der Waals surface area (Å²) in [7, 11) is 0. The molecule has 1 rings (SSSR count). The van der Waals surface area contributed by atoms with E-state index in [9.17, 15) is 0 Å². The monoisotopic (exact) mass is 141 g/mol. The first-order valence-electron chi connectivity index (χ1n) is 3.94. The number of rotatable bonds is 3. The Balaban J connectivity index is 2.13. The number of hydrogen-bond acceptors (Lipinski definition) is 2. The topological polar surface area (TPSA) is 32.3 Å². The third kappa shape index (κ3) is 2.50. The van der Waals surface area contributed by atoms with Gasteiger partial charge in [-0.3, -0.25) is 0 Å². The second kappa shape index (κ2) is 4.47. The number of aliphatic hydroxyl groups is 1. The van der Waals surface area contributed by atoms with Crippen LogP contribution in [0.25, 0.3) is 0 Å². The summed E-state index contributed by atoms with van der Waals surface area (Å²) in [5.74, 6) is 0. The molecule has 2 heteroatoms. The molecule has 0 saturated heterocycles. The molecule has 58 valence electrons. The molecule has 0 fully saturated rings. The lowest BCUT2D eigenvalue weighted by Gasteiger charge is -2.16. The normalized spacial score (nSPS) is 25.1. The van der Waals surface area contributed by atoms with Crippen LogP contribution in [0.1, 0.15) is 19.3 Å². The van der Waals surface area contributed by atoms with Crippen LogP contribution in [0.5, 0.6) is 0 Å². The molecule has 0 spiro atoms. The summed E-state index contributed by atoms with van der Waals surface area (Å²) >= 11 is 0. The summed E-state index contributed by atoms with van der Waals surface area (Å²) in [6.07, 6.45) is 8.12. The van der Waals surface area contributed by atoms with Gasteiger partial charge in [-0.05, 0) is 19.3 Å². The molecular formula is C8H15NO. The molecule has 1 aliphatic rings. The first-order valence-corrected chi connectivity index (χ1v) is 3.94. The van der Waals surface area contributed by atoms with Crippen LogP contribution in [0.4, 0.5) is 0 Å². The van der Waals surface area contributed by atoms with Crippen LogP contribution in [0, 0.1) is 0 Å². The first kappa shape index (κ1) is 7.76. The zero-order valence-electron chi connectivity index (χ0n) is 6.21. The lowest BCUT2D eigenvalue weighted by atomic mass is 10.0. The average molecular weight is 141 g/mol. The highest BCUT2D eigenvalue weighted by Crippen LogP contribution is 2.09. The van der Waals surface area contributed by atoms with Gasteiger partial charge >= 0.3 is 0 Å². The maximum absolute atomic E-state index is 8.51. The van der Waals surface area contributed by atoms with E-state index in [0.717, 1.165) is 6.54 Å². The van der Waals surface area contributed by atoms with Crippen molar-refractivity contribution in [2.45, 2.75) is 25.3 Å². The van der Waals surface area contributed by atoms with Gasteiger partial charge in [0, 0.05) is 12.6 Å². The van der Waals surface area contributed by atoms with E-state index in [0.29, 0.717) is 6.04 Å². The largest absolute Gasteiger partial charge is 0.395 e. The zero-order chi connectivity index (χ0) is 7.23. The number of nitrogens with one attached hydrogen (secondary N) is 1. The lowest BCUT2D eigenvalue weighted by molar-refractivity contribution is 0.286. The standard InChI is InChI=1S/C8H15NO/c10-7-6-9-8-4-2-1-3-5-8/h2,4,8-10H,1,3,5-7H2. The Labute approximate surface area is 61.9 Å².